The number of nitrogens with two attached hydrogens (primary N) is 1. The van der Waals surface area contributed by atoms with E-state index < -0.39 is 0 Å². The molecule has 1 aliphatic heterocycles. The van der Waals surface area contributed by atoms with Gasteiger partial charge in [-0.3, -0.25) is 9.78 Å². The molecule has 0 spiro atoms. The van der Waals surface area contributed by atoms with E-state index in [2.05, 4.69) is 33.1 Å². The molecule has 27 heavy (non-hydrogen) atoms. The Labute approximate surface area is 157 Å². The predicted octanol–water partition coefficient (Wildman–Crippen LogP) is 2.33. The Morgan fingerprint density at radius 1 is 1.15 bits per heavy atom. The van der Waals surface area contributed by atoms with Crippen LogP contribution in [0.3, 0.4) is 0 Å². The number of carbonyl (C=O) groups is 1. The minimum atomic E-state index is -0.314. The van der Waals surface area contributed by atoms with E-state index in [0.29, 0.717) is 17.1 Å². The molecule has 0 radical (unpaired) electrons. The van der Waals surface area contributed by atoms with Gasteiger partial charge in [0.15, 0.2) is 0 Å². The van der Waals surface area contributed by atoms with Crippen LogP contribution in [-0.4, -0.2) is 50.7 Å². The second-order valence-electron chi connectivity index (χ2n) is 6.54. The number of carbonyl (C=O) groups excluding carboxylic acids is 1. The van der Waals surface area contributed by atoms with Gasteiger partial charge < -0.3 is 10.6 Å². The molecule has 0 aliphatic carbocycles. The number of aromatic nitrogens is 4. The molecule has 7 heteroatoms. The molecule has 3 heterocycles. The summed E-state index contributed by atoms with van der Waals surface area (Å²) in [7, 11) is 2.11. The van der Waals surface area contributed by atoms with Crippen molar-refractivity contribution in [2.45, 2.75) is 6.42 Å². The van der Waals surface area contributed by atoms with Crippen molar-refractivity contribution in [2.24, 2.45) is 0 Å². The van der Waals surface area contributed by atoms with Crippen LogP contribution in [0.4, 0.5) is 5.95 Å². The van der Waals surface area contributed by atoms with Crippen molar-refractivity contribution in [1.29, 1.82) is 0 Å². The SMILES string of the molecule is CN1CC=C(c2ccc(C(=O)n3nc(-c4ccccn4)nc3N)cc2)CC1. The second kappa shape index (κ2) is 7.13. The molecule has 1 aliphatic rings. The van der Waals surface area contributed by atoms with Crippen molar-refractivity contribution in [1.82, 2.24) is 24.6 Å². The van der Waals surface area contributed by atoms with E-state index in [1.165, 1.54) is 5.57 Å². The third-order valence-electron chi connectivity index (χ3n) is 4.63. The van der Waals surface area contributed by atoms with Gasteiger partial charge in [0.1, 0.15) is 5.69 Å². The smallest absolute Gasteiger partial charge is 0.281 e. The molecule has 136 valence electrons. The molecular formula is C20H20N6O. The molecule has 3 aromatic rings. The molecule has 0 atom stereocenters. The highest BCUT2D eigenvalue weighted by molar-refractivity contribution is 5.97. The summed E-state index contributed by atoms with van der Waals surface area (Å²) in [4.78, 5) is 23.4. The van der Waals surface area contributed by atoms with E-state index in [-0.39, 0.29) is 11.9 Å². The minimum Gasteiger partial charge on any atom is -0.368 e. The maximum atomic E-state index is 12.8. The van der Waals surface area contributed by atoms with Gasteiger partial charge in [0.05, 0.1) is 0 Å². The fourth-order valence-corrected chi connectivity index (χ4v) is 3.06. The number of likely N-dealkylation sites (N-methyl/N-ethyl adjacent to an activating group) is 1. The average Bonchev–Trinajstić information content (AvgIpc) is 3.10. The van der Waals surface area contributed by atoms with E-state index in [0.717, 1.165) is 29.8 Å². The summed E-state index contributed by atoms with van der Waals surface area (Å²) in [5, 5.41) is 4.23. The van der Waals surface area contributed by atoms with Gasteiger partial charge in [-0.15, -0.1) is 5.10 Å². The Bertz CT molecular complexity index is 991. The highest BCUT2D eigenvalue weighted by Gasteiger charge is 2.18. The van der Waals surface area contributed by atoms with E-state index in [1.54, 1.807) is 30.5 Å². The van der Waals surface area contributed by atoms with Gasteiger partial charge in [-0.05, 0) is 48.9 Å². The van der Waals surface area contributed by atoms with Crippen molar-refractivity contribution < 1.29 is 4.79 Å². The molecule has 4 rings (SSSR count). The minimum absolute atomic E-state index is 0.0442. The van der Waals surface area contributed by atoms with Crippen LogP contribution in [0.15, 0.2) is 54.7 Å². The lowest BCUT2D eigenvalue weighted by Gasteiger charge is -2.22. The van der Waals surface area contributed by atoms with Crippen molar-refractivity contribution >= 4 is 17.4 Å². The molecule has 0 amide bonds. The lowest BCUT2D eigenvalue weighted by Crippen LogP contribution is -2.23. The third-order valence-corrected chi connectivity index (χ3v) is 4.63. The zero-order valence-corrected chi connectivity index (χ0v) is 15.0. The Balaban J connectivity index is 1.57. The Morgan fingerprint density at radius 2 is 1.96 bits per heavy atom. The molecule has 2 N–H and O–H groups in total. The van der Waals surface area contributed by atoms with Crippen LogP contribution >= 0.6 is 0 Å². The van der Waals surface area contributed by atoms with E-state index in [1.807, 2.05) is 18.2 Å². The highest BCUT2D eigenvalue weighted by atomic mass is 16.2. The van der Waals surface area contributed by atoms with Gasteiger partial charge in [0.2, 0.25) is 11.8 Å². The summed E-state index contributed by atoms with van der Waals surface area (Å²) in [5.74, 6) is 0.0587. The van der Waals surface area contributed by atoms with Crippen LogP contribution < -0.4 is 5.73 Å². The van der Waals surface area contributed by atoms with Crippen molar-refractivity contribution in [3.63, 3.8) is 0 Å². The molecule has 0 saturated carbocycles. The van der Waals surface area contributed by atoms with Crippen LogP contribution in [0.1, 0.15) is 22.3 Å². The summed E-state index contributed by atoms with van der Waals surface area (Å²) < 4.78 is 1.12. The van der Waals surface area contributed by atoms with Gasteiger partial charge in [-0.2, -0.15) is 9.67 Å². The summed E-state index contributed by atoms with van der Waals surface area (Å²) in [6, 6.07) is 13.0. The lowest BCUT2D eigenvalue weighted by atomic mass is 9.98. The van der Waals surface area contributed by atoms with Gasteiger partial charge in [-0.25, -0.2) is 0 Å². The fourth-order valence-electron chi connectivity index (χ4n) is 3.06. The van der Waals surface area contributed by atoms with Crippen LogP contribution in [0, 0.1) is 0 Å². The predicted molar refractivity (Wildman–Crippen MR) is 104 cm³/mol. The first-order chi connectivity index (χ1) is 13.1. The standard InChI is InChI=1S/C20H20N6O/c1-25-12-9-15(10-13-25)14-5-7-16(8-6-14)19(27)26-20(21)23-18(24-26)17-4-2-3-11-22-17/h2-9,11H,10,12-13H2,1H3,(H2,21,23,24). The molecule has 0 fully saturated rings. The number of hydrogen-bond acceptors (Lipinski definition) is 6. The van der Waals surface area contributed by atoms with Crippen LogP contribution in [-0.2, 0) is 0 Å². The topological polar surface area (TPSA) is 89.9 Å². The Morgan fingerprint density at radius 3 is 2.63 bits per heavy atom. The van der Waals surface area contributed by atoms with Crippen LogP contribution in [0.5, 0.6) is 0 Å². The normalized spacial score (nSPS) is 14.8. The van der Waals surface area contributed by atoms with Crippen LogP contribution in [0.2, 0.25) is 0 Å². The number of pyridine rings is 1. The molecule has 1 aromatic carbocycles. The lowest BCUT2D eigenvalue weighted by molar-refractivity contribution is 0.0948. The molecule has 7 nitrogen and oxygen atoms in total. The quantitative estimate of drug-likeness (QED) is 0.771. The fraction of sp³-hybridized carbons (Fsp3) is 0.200. The van der Waals surface area contributed by atoms with Gasteiger partial charge in [0, 0.05) is 24.8 Å². The third kappa shape index (κ3) is 3.50. The Kier molecular flexibility index (Phi) is 4.52. The number of nitrogen functional groups attached to an aromatic ring is 1. The van der Waals surface area contributed by atoms with Gasteiger partial charge in [-0.1, -0.05) is 24.3 Å². The molecular weight excluding hydrogens is 340 g/mol. The maximum Gasteiger partial charge on any atom is 0.281 e. The number of hydrogen-bond donors (Lipinski definition) is 1. The van der Waals surface area contributed by atoms with E-state index in [9.17, 15) is 4.79 Å². The summed E-state index contributed by atoms with van der Waals surface area (Å²) >= 11 is 0. The first-order valence-corrected chi connectivity index (χ1v) is 8.78. The molecule has 0 bridgehead atoms. The van der Waals surface area contributed by atoms with Gasteiger partial charge >= 0.3 is 0 Å². The summed E-state index contributed by atoms with van der Waals surface area (Å²) in [6.45, 7) is 1.99. The van der Waals surface area contributed by atoms with Crippen molar-refractivity contribution in [3.05, 3.63) is 65.9 Å². The van der Waals surface area contributed by atoms with Crippen LogP contribution in [0.25, 0.3) is 17.1 Å². The first-order valence-electron chi connectivity index (χ1n) is 8.78. The Hall–Kier alpha value is -3.32. The molecule has 2 aromatic heterocycles. The zero-order chi connectivity index (χ0) is 18.8. The summed E-state index contributed by atoms with van der Waals surface area (Å²) in [5.41, 5.74) is 9.43. The highest BCUT2D eigenvalue weighted by Crippen LogP contribution is 2.22. The number of anilines is 1. The molecule has 0 saturated heterocycles. The van der Waals surface area contributed by atoms with E-state index >= 15 is 0 Å². The summed E-state index contributed by atoms with van der Waals surface area (Å²) in [6.07, 6.45) is 4.88. The number of benzene rings is 1. The van der Waals surface area contributed by atoms with Crippen molar-refractivity contribution in [3.8, 4) is 11.5 Å². The maximum absolute atomic E-state index is 12.8. The zero-order valence-electron chi connectivity index (χ0n) is 15.0. The van der Waals surface area contributed by atoms with Crippen molar-refractivity contribution in [2.75, 3.05) is 25.9 Å². The largest absolute Gasteiger partial charge is 0.368 e. The first kappa shape index (κ1) is 17.1. The second-order valence-corrected chi connectivity index (χ2v) is 6.54. The molecule has 0 unspecified atom stereocenters. The van der Waals surface area contributed by atoms with E-state index in [4.69, 9.17) is 5.73 Å². The number of nitrogens with zero attached hydrogens (tertiary/aromatic N) is 5. The monoisotopic (exact) mass is 360 g/mol. The number of rotatable bonds is 3. The average molecular weight is 360 g/mol. The van der Waals surface area contributed by atoms with Gasteiger partial charge in [0.25, 0.3) is 5.91 Å².